The SMILES string of the molecule is O=C(O)CN(CCN(CC=S)CC=S)C(=NCC(O)CO)C(O)O. The molecule has 0 heterocycles. The fourth-order valence-corrected chi connectivity index (χ4v) is 2.19. The summed E-state index contributed by atoms with van der Waals surface area (Å²) < 4.78 is 0. The van der Waals surface area contributed by atoms with Crippen LogP contribution in [-0.2, 0) is 4.79 Å². The van der Waals surface area contributed by atoms with Gasteiger partial charge < -0.3 is 30.4 Å². The van der Waals surface area contributed by atoms with E-state index in [2.05, 4.69) is 4.99 Å². The van der Waals surface area contributed by atoms with E-state index >= 15 is 0 Å². The van der Waals surface area contributed by atoms with Gasteiger partial charge in [0, 0.05) is 26.2 Å². The molecule has 0 spiro atoms. The summed E-state index contributed by atoms with van der Waals surface area (Å²) >= 11 is 9.58. The van der Waals surface area contributed by atoms with Crippen LogP contribution >= 0.6 is 24.4 Å². The molecule has 138 valence electrons. The number of carboxylic acid groups (broad SMARTS) is 1. The minimum atomic E-state index is -2.01. The zero-order valence-corrected chi connectivity index (χ0v) is 14.7. The van der Waals surface area contributed by atoms with Crippen LogP contribution in [0.4, 0.5) is 0 Å². The lowest BCUT2D eigenvalue weighted by Crippen LogP contribution is -2.46. The number of aliphatic hydroxyl groups is 4. The van der Waals surface area contributed by atoms with E-state index in [1.165, 1.54) is 15.6 Å². The molecule has 0 aliphatic carbocycles. The number of carbonyl (C=O) groups is 1. The van der Waals surface area contributed by atoms with Crippen molar-refractivity contribution in [3.8, 4) is 0 Å². The van der Waals surface area contributed by atoms with E-state index in [0.717, 1.165) is 0 Å². The summed E-state index contributed by atoms with van der Waals surface area (Å²) in [5, 5.41) is 49.0. The highest BCUT2D eigenvalue weighted by molar-refractivity contribution is 7.79. The molecule has 1 atom stereocenters. The van der Waals surface area contributed by atoms with Gasteiger partial charge in [0.25, 0.3) is 0 Å². The average molecular weight is 381 g/mol. The Hall–Kier alpha value is -1.08. The molecule has 9 nitrogen and oxygen atoms in total. The molecule has 0 aliphatic rings. The van der Waals surface area contributed by atoms with Crippen molar-refractivity contribution < 1.29 is 30.3 Å². The molecule has 0 aromatic heterocycles. The van der Waals surface area contributed by atoms with Gasteiger partial charge >= 0.3 is 5.97 Å². The van der Waals surface area contributed by atoms with Gasteiger partial charge in [0.2, 0.25) is 6.29 Å². The van der Waals surface area contributed by atoms with Gasteiger partial charge in [0.1, 0.15) is 6.54 Å². The first-order chi connectivity index (χ1) is 11.3. The minimum absolute atomic E-state index is 0.129. The highest BCUT2D eigenvalue weighted by atomic mass is 32.1. The Labute approximate surface area is 150 Å². The summed E-state index contributed by atoms with van der Waals surface area (Å²) in [4.78, 5) is 17.9. The molecule has 11 heteroatoms. The summed E-state index contributed by atoms with van der Waals surface area (Å²) in [7, 11) is 0. The highest BCUT2D eigenvalue weighted by Gasteiger charge is 2.21. The van der Waals surface area contributed by atoms with Crippen molar-refractivity contribution in [3.05, 3.63) is 0 Å². The molecule has 24 heavy (non-hydrogen) atoms. The number of aliphatic imine (C=N–C) groups is 1. The Kier molecular flexibility index (Phi) is 12.6. The van der Waals surface area contributed by atoms with Crippen LogP contribution in [0, 0.1) is 0 Å². The average Bonchev–Trinajstić information content (AvgIpc) is 2.51. The van der Waals surface area contributed by atoms with E-state index in [1.807, 2.05) is 4.90 Å². The smallest absolute Gasteiger partial charge is 0.323 e. The topological polar surface area (TPSA) is 137 Å². The Morgan fingerprint density at radius 2 is 1.71 bits per heavy atom. The van der Waals surface area contributed by atoms with Crippen molar-refractivity contribution in [2.24, 2.45) is 4.99 Å². The molecule has 1 unspecified atom stereocenters. The first kappa shape index (κ1) is 22.9. The molecule has 0 aromatic carbocycles. The van der Waals surface area contributed by atoms with Crippen molar-refractivity contribution in [2.75, 3.05) is 45.9 Å². The van der Waals surface area contributed by atoms with E-state index < -0.39 is 31.5 Å². The lowest BCUT2D eigenvalue weighted by molar-refractivity contribution is -0.137. The second-order valence-electron chi connectivity index (χ2n) is 4.82. The van der Waals surface area contributed by atoms with Crippen molar-refractivity contribution in [2.45, 2.75) is 12.4 Å². The van der Waals surface area contributed by atoms with Crippen LogP contribution in [0.25, 0.3) is 0 Å². The van der Waals surface area contributed by atoms with Gasteiger partial charge in [-0.05, 0) is 10.7 Å². The predicted molar refractivity (Wildman–Crippen MR) is 96.6 cm³/mol. The number of hydrogen-bond donors (Lipinski definition) is 5. The van der Waals surface area contributed by atoms with E-state index in [0.29, 0.717) is 19.6 Å². The zero-order valence-electron chi connectivity index (χ0n) is 13.1. The summed E-state index contributed by atoms with van der Waals surface area (Å²) in [6.45, 7) is 0.0694. The first-order valence-corrected chi connectivity index (χ1v) is 8.05. The Morgan fingerprint density at radius 1 is 1.12 bits per heavy atom. The normalized spacial score (nSPS) is 13.2. The molecule has 0 saturated carbocycles. The third-order valence-corrected chi connectivity index (χ3v) is 3.21. The number of thiocarbonyl (C=S) groups is 2. The second kappa shape index (κ2) is 13.2. The maximum Gasteiger partial charge on any atom is 0.323 e. The van der Waals surface area contributed by atoms with E-state index in [9.17, 15) is 20.1 Å². The summed E-state index contributed by atoms with van der Waals surface area (Å²) in [5.41, 5.74) is 0. The lowest BCUT2D eigenvalue weighted by Gasteiger charge is -2.28. The molecule has 0 saturated heterocycles. The molecule has 0 aromatic rings. The van der Waals surface area contributed by atoms with Crippen molar-refractivity contribution in [1.82, 2.24) is 9.80 Å². The van der Waals surface area contributed by atoms with Crippen LogP contribution < -0.4 is 0 Å². The molecule has 0 fully saturated rings. The van der Waals surface area contributed by atoms with Crippen LogP contribution in [0.2, 0.25) is 0 Å². The van der Waals surface area contributed by atoms with Gasteiger partial charge in [-0.25, -0.2) is 0 Å². The minimum Gasteiger partial charge on any atom is -0.480 e. The van der Waals surface area contributed by atoms with Crippen LogP contribution in [0.5, 0.6) is 0 Å². The number of aliphatic carboxylic acids is 1. The number of nitrogens with zero attached hydrogens (tertiary/aromatic N) is 3. The maximum atomic E-state index is 11.0. The maximum absolute atomic E-state index is 11.0. The van der Waals surface area contributed by atoms with Gasteiger partial charge in [-0.15, -0.1) is 0 Å². The van der Waals surface area contributed by atoms with Gasteiger partial charge in [0.05, 0.1) is 19.3 Å². The molecule has 0 radical (unpaired) electrons. The van der Waals surface area contributed by atoms with Crippen molar-refractivity contribution >= 4 is 47.0 Å². The van der Waals surface area contributed by atoms with E-state index in [1.54, 1.807) is 0 Å². The summed E-state index contributed by atoms with van der Waals surface area (Å²) in [6.07, 6.45) is -3.19. The third kappa shape index (κ3) is 9.93. The van der Waals surface area contributed by atoms with Gasteiger partial charge in [-0.3, -0.25) is 14.7 Å². The van der Waals surface area contributed by atoms with E-state index in [-0.39, 0.29) is 18.9 Å². The van der Waals surface area contributed by atoms with Gasteiger partial charge in [0.15, 0.2) is 5.84 Å². The number of carboxylic acids is 1. The second-order valence-corrected chi connectivity index (χ2v) is 5.48. The molecular weight excluding hydrogens is 358 g/mol. The summed E-state index contributed by atoms with van der Waals surface area (Å²) in [6, 6.07) is 0. The quantitative estimate of drug-likeness (QED) is 0.103. The summed E-state index contributed by atoms with van der Waals surface area (Å²) in [5.74, 6) is -1.48. The number of hydrogen-bond acceptors (Lipinski definition) is 9. The molecule has 5 N–H and O–H groups in total. The van der Waals surface area contributed by atoms with Crippen LogP contribution in [0.15, 0.2) is 4.99 Å². The zero-order chi connectivity index (χ0) is 18.5. The Morgan fingerprint density at radius 3 is 2.12 bits per heavy atom. The highest BCUT2D eigenvalue weighted by Crippen LogP contribution is 2.00. The molecule has 0 rings (SSSR count). The monoisotopic (exact) mass is 381 g/mol. The van der Waals surface area contributed by atoms with Crippen LogP contribution in [0.3, 0.4) is 0 Å². The van der Waals surface area contributed by atoms with Gasteiger partial charge in [-0.2, -0.15) is 0 Å². The Balaban J connectivity index is 5.12. The first-order valence-electron chi connectivity index (χ1n) is 7.11. The third-order valence-electron chi connectivity index (χ3n) is 2.91. The standard InChI is InChI=1S/C13H23N3O6S2/c17-9-10(18)7-14-12(13(21)22)16(8-11(19)20)2-1-15(3-5-23)4-6-24/h5-6,10,13,17-18,21-22H,1-4,7-9H2,(H,19,20). The fraction of sp³-hybridized carbons (Fsp3) is 0.692. The number of rotatable bonds is 13. The Bertz CT molecular complexity index is 426. The molecule has 0 aliphatic heterocycles. The van der Waals surface area contributed by atoms with Crippen molar-refractivity contribution in [3.63, 3.8) is 0 Å². The molecule has 0 bridgehead atoms. The van der Waals surface area contributed by atoms with Gasteiger partial charge in [-0.1, -0.05) is 24.4 Å². The predicted octanol–water partition coefficient (Wildman–Crippen LogP) is -2.26. The fourth-order valence-electron chi connectivity index (χ4n) is 1.77. The van der Waals surface area contributed by atoms with Crippen molar-refractivity contribution in [1.29, 1.82) is 0 Å². The number of aliphatic hydroxyl groups excluding tert-OH is 3. The lowest BCUT2D eigenvalue weighted by atomic mass is 10.3. The molecule has 0 amide bonds. The van der Waals surface area contributed by atoms with Crippen LogP contribution in [0.1, 0.15) is 0 Å². The molecular formula is C13H23N3O6S2. The van der Waals surface area contributed by atoms with Crippen LogP contribution in [-0.4, -0.2) is 116 Å². The van der Waals surface area contributed by atoms with E-state index in [4.69, 9.17) is 34.6 Å². The number of amidine groups is 1. The largest absolute Gasteiger partial charge is 0.480 e.